The number of anilines is 1. The van der Waals surface area contributed by atoms with Crippen molar-refractivity contribution in [1.29, 1.82) is 0 Å². The van der Waals surface area contributed by atoms with Crippen LogP contribution >= 0.6 is 11.6 Å². The third-order valence-electron chi connectivity index (χ3n) is 4.82. The number of aryl methyl sites for hydroxylation is 2. The molecule has 3 rings (SSSR count). The highest BCUT2D eigenvalue weighted by atomic mass is 35.5. The molecule has 1 unspecified atom stereocenters. The summed E-state index contributed by atoms with van der Waals surface area (Å²) >= 11 is 6.37. The summed E-state index contributed by atoms with van der Waals surface area (Å²) in [6.45, 7) is 9.20. The average molecular weight is 447 g/mol. The Kier molecular flexibility index (Phi) is 7.48. The Labute approximate surface area is 186 Å². The maximum absolute atomic E-state index is 9.49. The van der Waals surface area contributed by atoms with Gasteiger partial charge in [0, 0.05) is 29.9 Å². The van der Waals surface area contributed by atoms with Gasteiger partial charge in [-0.05, 0) is 57.5 Å². The summed E-state index contributed by atoms with van der Waals surface area (Å²) in [5.41, 5.74) is 3.10. The molecule has 0 spiro atoms. The lowest BCUT2D eigenvalue weighted by Crippen LogP contribution is -2.23. The second-order valence-corrected chi connectivity index (χ2v) is 7.61. The molecule has 31 heavy (non-hydrogen) atoms. The standard InChI is InChI=1S/C22H27ClN4O4/c1-5-27(6-2)19-10-16(8-14(4)24-19)22-25-21(26-31-22)15-7-13(3)20(18(23)9-15)30-12-17(29)11-28/h7-10,17,28-29H,5-6,11-12H2,1-4H3. The van der Waals surface area contributed by atoms with Crippen molar-refractivity contribution in [3.05, 3.63) is 40.5 Å². The van der Waals surface area contributed by atoms with Crippen molar-refractivity contribution in [2.24, 2.45) is 0 Å². The Balaban J connectivity index is 1.89. The molecule has 8 nitrogen and oxygen atoms in total. The van der Waals surface area contributed by atoms with E-state index in [-0.39, 0.29) is 13.2 Å². The summed E-state index contributed by atoms with van der Waals surface area (Å²) in [5.74, 6) is 2.11. The summed E-state index contributed by atoms with van der Waals surface area (Å²) < 4.78 is 11.1. The zero-order valence-corrected chi connectivity index (χ0v) is 18.8. The zero-order chi connectivity index (χ0) is 22.5. The van der Waals surface area contributed by atoms with Crippen LogP contribution in [-0.4, -0.2) is 57.7 Å². The van der Waals surface area contributed by atoms with Crippen LogP contribution in [0.2, 0.25) is 5.02 Å². The quantitative estimate of drug-likeness (QED) is 0.513. The summed E-state index contributed by atoms with van der Waals surface area (Å²) in [6, 6.07) is 7.37. The van der Waals surface area contributed by atoms with E-state index in [0.29, 0.717) is 28.1 Å². The van der Waals surface area contributed by atoms with E-state index in [4.69, 9.17) is 26.0 Å². The summed E-state index contributed by atoms with van der Waals surface area (Å²) in [4.78, 5) is 11.3. The summed E-state index contributed by atoms with van der Waals surface area (Å²) in [5, 5.41) is 22.9. The van der Waals surface area contributed by atoms with Gasteiger partial charge in [-0.15, -0.1) is 0 Å². The molecule has 0 radical (unpaired) electrons. The lowest BCUT2D eigenvalue weighted by atomic mass is 10.1. The highest BCUT2D eigenvalue weighted by Crippen LogP contribution is 2.34. The van der Waals surface area contributed by atoms with Gasteiger partial charge in [-0.1, -0.05) is 16.8 Å². The minimum atomic E-state index is -0.972. The molecule has 0 saturated heterocycles. The Hall–Kier alpha value is -2.68. The number of hydrogen-bond acceptors (Lipinski definition) is 8. The summed E-state index contributed by atoms with van der Waals surface area (Å²) in [6.07, 6.45) is -0.972. The van der Waals surface area contributed by atoms with Crippen molar-refractivity contribution in [2.75, 3.05) is 31.2 Å². The van der Waals surface area contributed by atoms with E-state index in [1.165, 1.54) is 0 Å². The van der Waals surface area contributed by atoms with E-state index in [0.717, 1.165) is 35.7 Å². The van der Waals surface area contributed by atoms with Gasteiger partial charge < -0.3 is 24.4 Å². The van der Waals surface area contributed by atoms with Crippen LogP contribution < -0.4 is 9.64 Å². The lowest BCUT2D eigenvalue weighted by molar-refractivity contribution is 0.0534. The monoisotopic (exact) mass is 446 g/mol. The van der Waals surface area contributed by atoms with E-state index < -0.39 is 6.10 Å². The van der Waals surface area contributed by atoms with Gasteiger partial charge in [-0.3, -0.25) is 0 Å². The number of aromatic nitrogens is 3. The van der Waals surface area contributed by atoms with Crippen LogP contribution in [-0.2, 0) is 0 Å². The maximum atomic E-state index is 9.49. The van der Waals surface area contributed by atoms with Crippen LogP contribution in [0.15, 0.2) is 28.8 Å². The van der Waals surface area contributed by atoms with Crippen molar-refractivity contribution < 1.29 is 19.5 Å². The Morgan fingerprint density at radius 3 is 2.48 bits per heavy atom. The van der Waals surface area contributed by atoms with Gasteiger partial charge >= 0.3 is 0 Å². The average Bonchev–Trinajstić information content (AvgIpc) is 3.24. The minimum Gasteiger partial charge on any atom is -0.489 e. The molecular weight excluding hydrogens is 420 g/mol. The van der Waals surface area contributed by atoms with Crippen LogP contribution in [0.25, 0.3) is 22.8 Å². The molecule has 0 aliphatic rings. The van der Waals surface area contributed by atoms with Gasteiger partial charge in [0.25, 0.3) is 5.89 Å². The molecular formula is C22H27ClN4O4. The smallest absolute Gasteiger partial charge is 0.258 e. The Morgan fingerprint density at radius 2 is 1.84 bits per heavy atom. The number of benzene rings is 1. The number of ether oxygens (including phenoxy) is 1. The molecule has 1 atom stereocenters. The van der Waals surface area contributed by atoms with E-state index in [1.807, 2.05) is 32.0 Å². The molecule has 0 aliphatic carbocycles. The second kappa shape index (κ2) is 10.1. The molecule has 166 valence electrons. The first kappa shape index (κ1) is 23.0. The molecule has 0 bridgehead atoms. The number of aliphatic hydroxyl groups excluding tert-OH is 2. The fraction of sp³-hybridized carbons (Fsp3) is 0.409. The molecule has 0 fully saturated rings. The first-order valence-corrected chi connectivity index (χ1v) is 10.5. The van der Waals surface area contributed by atoms with Crippen LogP contribution in [0, 0.1) is 13.8 Å². The number of aliphatic hydroxyl groups is 2. The predicted molar refractivity (Wildman–Crippen MR) is 120 cm³/mol. The van der Waals surface area contributed by atoms with Crippen LogP contribution in [0.5, 0.6) is 5.75 Å². The fourth-order valence-corrected chi connectivity index (χ4v) is 3.54. The van der Waals surface area contributed by atoms with Gasteiger partial charge in [0.05, 0.1) is 11.6 Å². The molecule has 0 saturated carbocycles. The van der Waals surface area contributed by atoms with Crippen LogP contribution in [0.4, 0.5) is 5.82 Å². The van der Waals surface area contributed by atoms with Gasteiger partial charge in [-0.25, -0.2) is 4.98 Å². The fourth-order valence-electron chi connectivity index (χ4n) is 3.22. The Morgan fingerprint density at radius 1 is 1.10 bits per heavy atom. The third-order valence-corrected chi connectivity index (χ3v) is 5.10. The molecule has 0 aliphatic heterocycles. The lowest BCUT2D eigenvalue weighted by Gasteiger charge is -2.20. The molecule has 9 heteroatoms. The molecule has 3 aromatic rings. The van der Waals surface area contributed by atoms with Crippen molar-refractivity contribution in [2.45, 2.75) is 33.8 Å². The minimum absolute atomic E-state index is 0.0565. The predicted octanol–water partition coefficient (Wildman–Crippen LogP) is 3.65. The number of hydrogen-bond donors (Lipinski definition) is 2. The molecule has 2 N–H and O–H groups in total. The number of nitrogens with zero attached hydrogens (tertiary/aromatic N) is 4. The number of halogens is 1. The zero-order valence-electron chi connectivity index (χ0n) is 18.1. The molecule has 2 heterocycles. The van der Waals surface area contributed by atoms with Gasteiger partial charge in [0.1, 0.15) is 24.3 Å². The van der Waals surface area contributed by atoms with Crippen molar-refractivity contribution >= 4 is 17.4 Å². The van der Waals surface area contributed by atoms with Crippen molar-refractivity contribution in [1.82, 2.24) is 15.1 Å². The highest BCUT2D eigenvalue weighted by Gasteiger charge is 2.17. The Bertz CT molecular complexity index is 1010. The van der Waals surface area contributed by atoms with Crippen LogP contribution in [0.3, 0.4) is 0 Å². The van der Waals surface area contributed by atoms with E-state index in [2.05, 4.69) is 33.9 Å². The van der Waals surface area contributed by atoms with Gasteiger partial charge in [0.15, 0.2) is 0 Å². The molecule has 1 aromatic carbocycles. The summed E-state index contributed by atoms with van der Waals surface area (Å²) in [7, 11) is 0. The maximum Gasteiger partial charge on any atom is 0.258 e. The van der Waals surface area contributed by atoms with Crippen molar-refractivity contribution in [3.63, 3.8) is 0 Å². The van der Waals surface area contributed by atoms with E-state index in [9.17, 15) is 5.11 Å². The molecule has 0 amide bonds. The number of rotatable bonds is 9. The topological polar surface area (TPSA) is 105 Å². The second-order valence-electron chi connectivity index (χ2n) is 7.20. The largest absolute Gasteiger partial charge is 0.489 e. The van der Waals surface area contributed by atoms with Crippen molar-refractivity contribution in [3.8, 4) is 28.6 Å². The first-order chi connectivity index (χ1) is 14.9. The van der Waals surface area contributed by atoms with Gasteiger partial charge in [0.2, 0.25) is 5.82 Å². The SMILES string of the molecule is CCN(CC)c1cc(-c2nc(-c3cc(C)c(OCC(O)CO)c(Cl)c3)no2)cc(C)n1. The van der Waals surface area contributed by atoms with Crippen LogP contribution in [0.1, 0.15) is 25.1 Å². The molecule has 2 aromatic heterocycles. The van der Waals surface area contributed by atoms with E-state index >= 15 is 0 Å². The first-order valence-electron chi connectivity index (χ1n) is 10.2. The highest BCUT2D eigenvalue weighted by molar-refractivity contribution is 6.32. The normalized spacial score (nSPS) is 12.1. The third kappa shape index (κ3) is 5.33. The van der Waals surface area contributed by atoms with Gasteiger partial charge in [-0.2, -0.15) is 4.98 Å². The van der Waals surface area contributed by atoms with E-state index in [1.54, 1.807) is 6.07 Å². The number of pyridine rings is 1.